The van der Waals surface area contributed by atoms with E-state index >= 15 is 0 Å². The summed E-state index contributed by atoms with van der Waals surface area (Å²) in [5.41, 5.74) is 0. The quantitative estimate of drug-likeness (QED) is 0.415. The van der Waals surface area contributed by atoms with E-state index in [1.165, 1.54) is 32.7 Å². The lowest BCUT2D eigenvalue weighted by molar-refractivity contribution is -0.145. The average molecular weight is 491 g/mol. The summed E-state index contributed by atoms with van der Waals surface area (Å²) in [6.07, 6.45) is 0.433. The molecular formula is C21H22N4O6S2. The number of thiophene rings is 1. The molecule has 2 fully saturated rings. The molecule has 0 bridgehead atoms. The third kappa shape index (κ3) is 4.68. The molecule has 2 aliphatic heterocycles. The lowest BCUT2D eigenvalue weighted by atomic mass is 10.3. The Kier molecular flexibility index (Phi) is 6.58. The Morgan fingerprint density at radius 3 is 2.18 bits per heavy atom. The average Bonchev–Trinajstić information content (AvgIpc) is 3.42. The van der Waals surface area contributed by atoms with Gasteiger partial charge < -0.3 is 4.90 Å². The van der Waals surface area contributed by atoms with Gasteiger partial charge in [0.1, 0.15) is 6.54 Å². The lowest BCUT2D eigenvalue weighted by Gasteiger charge is -2.34. The number of urea groups is 1. The van der Waals surface area contributed by atoms with Crippen molar-refractivity contribution in [3.8, 4) is 0 Å². The zero-order chi connectivity index (χ0) is 23.6. The van der Waals surface area contributed by atoms with E-state index in [2.05, 4.69) is 0 Å². The molecule has 2 saturated heterocycles. The summed E-state index contributed by atoms with van der Waals surface area (Å²) in [6, 6.07) is 11.0. The third-order valence-electron chi connectivity index (χ3n) is 5.56. The molecule has 1 aromatic carbocycles. The van der Waals surface area contributed by atoms with E-state index in [1.807, 2.05) is 17.5 Å². The van der Waals surface area contributed by atoms with Crippen molar-refractivity contribution in [1.29, 1.82) is 0 Å². The number of hydrogen-bond donors (Lipinski definition) is 0. The largest absolute Gasteiger partial charge is 0.338 e. The van der Waals surface area contributed by atoms with Crippen molar-refractivity contribution in [2.45, 2.75) is 11.3 Å². The first kappa shape index (κ1) is 23.1. The molecule has 12 heteroatoms. The number of carbonyl (C=O) groups is 4. The van der Waals surface area contributed by atoms with E-state index in [-0.39, 0.29) is 37.6 Å². The van der Waals surface area contributed by atoms with Gasteiger partial charge in [-0.25, -0.2) is 18.1 Å². The zero-order valence-corrected chi connectivity index (χ0v) is 19.3. The highest BCUT2D eigenvalue weighted by molar-refractivity contribution is 7.89. The highest BCUT2D eigenvalue weighted by Crippen LogP contribution is 2.19. The van der Waals surface area contributed by atoms with Crippen LogP contribution < -0.4 is 0 Å². The van der Waals surface area contributed by atoms with Crippen LogP contribution in [0.2, 0.25) is 0 Å². The third-order valence-corrected chi connectivity index (χ3v) is 8.41. The minimum absolute atomic E-state index is 0.0601. The van der Waals surface area contributed by atoms with Gasteiger partial charge in [0.15, 0.2) is 0 Å². The maximum Gasteiger partial charge on any atom is 0.334 e. The predicted octanol–water partition coefficient (Wildman–Crippen LogP) is 0.615. The summed E-state index contributed by atoms with van der Waals surface area (Å²) in [6.45, 7) is -0.0588. The van der Waals surface area contributed by atoms with E-state index in [9.17, 15) is 27.6 Å². The molecule has 0 unspecified atom stereocenters. The van der Waals surface area contributed by atoms with Gasteiger partial charge >= 0.3 is 17.8 Å². The molecule has 3 heterocycles. The van der Waals surface area contributed by atoms with Gasteiger partial charge in [0.25, 0.3) is 0 Å². The Bertz CT molecular complexity index is 1160. The van der Waals surface area contributed by atoms with Crippen LogP contribution in [0.15, 0.2) is 52.7 Å². The normalized spacial score (nSPS) is 17.8. The molecule has 0 saturated carbocycles. The van der Waals surface area contributed by atoms with Crippen molar-refractivity contribution < 1.29 is 27.6 Å². The van der Waals surface area contributed by atoms with Crippen molar-refractivity contribution in [2.75, 3.05) is 39.3 Å². The number of hydrogen-bond acceptors (Lipinski definition) is 7. The van der Waals surface area contributed by atoms with Crippen LogP contribution in [0.3, 0.4) is 0 Å². The van der Waals surface area contributed by atoms with Crippen molar-refractivity contribution in [3.05, 3.63) is 52.7 Å². The molecule has 0 N–H and O–H groups in total. The van der Waals surface area contributed by atoms with Gasteiger partial charge in [-0.3, -0.25) is 19.3 Å². The van der Waals surface area contributed by atoms with Crippen LogP contribution in [-0.4, -0.2) is 90.4 Å². The van der Waals surface area contributed by atoms with Gasteiger partial charge in [-0.2, -0.15) is 4.31 Å². The number of piperazine rings is 1. The SMILES string of the molecule is O=C(CN1C(=O)C(=O)N(CCc2cccs2)C1=O)N1CCN(S(=O)(=O)c2ccccc2)CC1. The smallest absolute Gasteiger partial charge is 0.334 e. The van der Waals surface area contributed by atoms with Gasteiger partial charge in [0.05, 0.1) is 4.90 Å². The van der Waals surface area contributed by atoms with Crippen LogP contribution in [0.1, 0.15) is 4.88 Å². The Morgan fingerprint density at radius 2 is 1.55 bits per heavy atom. The molecule has 2 aromatic rings. The number of rotatable bonds is 7. The van der Waals surface area contributed by atoms with Crippen LogP contribution >= 0.6 is 11.3 Å². The van der Waals surface area contributed by atoms with Gasteiger partial charge in [-0.15, -0.1) is 11.3 Å². The Morgan fingerprint density at radius 1 is 0.879 bits per heavy atom. The standard InChI is InChI=1S/C21H22N4O6S2/c26-18(22-10-12-23(13-11-22)33(30,31)17-6-2-1-3-7-17)15-25-20(28)19(27)24(21(25)29)9-8-16-5-4-14-32-16/h1-7,14H,8-13,15H2. The highest BCUT2D eigenvalue weighted by Gasteiger charge is 2.45. The second kappa shape index (κ2) is 9.41. The first-order valence-corrected chi connectivity index (χ1v) is 12.6. The number of amides is 5. The van der Waals surface area contributed by atoms with Gasteiger partial charge in [-0.1, -0.05) is 24.3 Å². The summed E-state index contributed by atoms with van der Waals surface area (Å²) < 4.78 is 26.8. The maximum atomic E-state index is 12.7. The number of nitrogens with zero attached hydrogens (tertiary/aromatic N) is 4. The van der Waals surface area contributed by atoms with E-state index in [4.69, 9.17) is 0 Å². The lowest BCUT2D eigenvalue weighted by Crippen LogP contribution is -2.53. The first-order valence-electron chi connectivity index (χ1n) is 10.3. The van der Waals surface area contributed by atoms with Crippen LogP contribution in [0.25, 0.3) is 0 Å². The molecule has 0 atom stereocenters. The monoisotopic (exact) mass is 490 g/mol. The number of carbonyl (C=O) groups excluding carboxylic acids is 4. The van der Waals surface area contributed by atoms with Crippen LogP contribution in [0.5, 0.6) is 0 Å². The minimum atomic E-state index is -3.66. The van der Waals surface area contributed by atoms with E-state index in [1.54, 1.807) is 18.2 Å². The summed E-state index contributed by atoms with van der Waals surface area (Å²) in [5, 5.41) is 1.88. The van der Waals surface area contributed by atoms with E-state index in [0.29, 0.717) is 11.3 Å². The summed E-state index contributed by atoms with van der Waals surface area (Å²) in [7, 11) is -3.66. The molecule has 2 aliphatic rings. The summed E-state index contributed by atoms with van der Waals surface area (Å²) >= 11 is 1.48. The topological polar surface area (TPSA) is 115 Å². The van der Waals surface area contributed by atoms with Crippen molar-refractivity contribution in [2.24, 2.45) is 0 Å². The summed E-state index contributed by atoms with van der Waals surface area (Å²) in [4.78, 5) is 53.9. The highest BCUT2D eigenvalue weighted by atomic mass is 32.2. The second-order valence-corrected chi connectivity index (χ2v) is 10.5. The van der Waals surface area contributed by atoms with Crippen LogP contribution in [0, 0.1) is 0 Å². The molecule has 0 aliphatic carbocycles. The Hall–Kier alpha value is -3.09. The summed E-state index contributed by atoms with van der Waals surface area (Å²) in [5.74, 6) is -2.48. The minimum Gasteiger partial charge on any atom is -0.338 e. The number of sulfonamides is 1. The Balaban J connectivity index is 1.33. The fourth-order valence-corrected chi connectivity index (χ4v) is 5.86. The first-order chi connectivity index (χ1) is 15.8. The molecule has 10 nitrogen and oxygen atoms in total. The molecule has 1 aromatic heterocycles. The van der Waals surface area contributed by atoms with E-state index in [0.717, 1.165) is 9.78 Å². The number of imide groups is 2. The molecule has 0 spiro atoms. The van der Waals surface area contributed by atoms with Gasteiger partial charge in [0.2, 0.25) is 15.9 Å². The fourth-order valence-electron chi connectivity index (χ4n) is 3.72. The van der Waals surface area contributed by atoms with Crippen LogP contribution in [-0.2, 0) is 30.8 Å². The molecular weight excluding hydrogens is 468 g/mol. The van der Waals surface area contributed by atoms with Gasteiger partial charge in [0, 0.05) is 44.0 Å². The second-order valence-electron chi connectivity index (χ2n) is 7.56. The van der Waals surface area contributed by atoms with Crippen LogP contribution in [0.4, 0.5) is 4.79 Å². The van der Waals surface area contributed by atoms with Gasteiger partial charge in [-0.05, 0) is 23.6 Å². The van der Waals surface area contributed by atoms with Crippen molar-refractivity contribution >= 4 is 45.1 Å². The molecule has 0 radical (unpaired) electrons. The Labute approximate surface area is 195 Å². The fraction of sp³-hybridized carbons (Fsp3) is 0.333. The van der Waals surface area contributed by atoms with E-state index < -0.39 is 40.3 Å². The molecule has 5 amide bonds. The molecule has 33 heavy (non-hydrogen) atoms. The van der Waals surface area contributed by atoms with Crippen molar-refractivity contribution in [3.63, 3.8) is 0 Å². The van der Waals surface area contributed by atoms with Crippen molar-refractivity contribution in [1.82, 2.24) is 19.0 Å². The molecule has 174 valence electrons. The predicted molar refractivity (Wildman–Crippen MR) is 119 cm³/mol. The molecule has 4 rings (SSSR count). The maximum absolute atomic E-state index is 12.7. The zero-order valence-electron chi connectivity index (χ0n) is 17.6. The number of benzene rings is 1.